The van der Waals surface area contributed by atoms with Crippen molar-refractivity contribution in [3.63, 3.8) is 0 Å². The Labute approximate surface area is 341 Å². The Bertz CT molecular complexity index is 2410. The number of pyridine rings is 1. The quantitative estimate of drug-likeness (QED) is 0.133. The summed E-state index contributed by atoms with van der Waals surface area (Å²) in [5.41, 5.74) is 4.68. The van der Waals surface area contributed by atoms with Gasteiger partial charge in [-0.2, -0.15) is 0 Å². The SMILES string of the molecule is COC(=O)NC(C(=O)N1CCCC1c1nc2c(ccc3cc(C#Cc4ccc(-c5cnc(C6CCCN6C(=O)[C@@H](NC(=O)OC)C(C)C)[nH]5)cn4)ccc32)[nH]1)[C@@H](C)OC. The second kappa shape index (κ2) is 17.6. The number of hydrogen-bond acceptors (Lipinski definition) is 10. The normalized spacial score (nSPS) is 18.0. The number of likely N-dealkylation sites (tertiary alicyclic amines) is 2. The van der Waals surface area contributed by atoms with Crippen LogP contribution in [0.3, 0.4) is 0 Å². The van der Waals surface area contributed by atoms with Crippen LogP contribution in [0.5, 0.6) is 0 Å². The molecule has 5 atom stereocenters. The van der Waals surface area contributed by atoms with Gasteiger partial charge in [0.1, 0.15) is 29.4 Å². The molecule has 3 aromatic heterocycles. The number of hydrogen-bond donors (Lipinski definition) is 4. The van der Waals surface area contributed by atoms with Crippen LogP contribution in [0, 0.1) is 17.8 Å². The lowest BCUT2D eigenvalue weighted by molar-refractivity contribution is -0.137. The molecule has 5 aromatic rings. The van der Waals surface area contributed by atoms with E-state index in [1.165, 1.54) is 21.3 Å². The van der Waals surface area contributed by atoms with Crippen molar-refractivity contribution in [2.45, 2.75) is 76.7 Å². The topological polar surface area (TPSA) is 197 Å². The highest BCUT2D eigenvalue weighted by Gasteiger charge is 2.39. The number of H-pyrrole nitrogens is 2. The number of ether oxygens (including phenoxy) is 3. The lowest BCUT2D eigenvalue weighted by Gasteiger charge is -2.30. The van der Waals surface area contributed by atoms with Gasteiger partial charge in [-0.05, 0) is 80.2 Å². The van der Waals surface area contributed by atoms with Gasteiger partial charge in [-0.1, -0.05) is 31.9 Å². The molecule has 4 amide bonds. The van der Waals surface area contributed by atoms with Gasteiger partial charge < -0.3 is 44.6 Å². The van der Waals surface area contributed by atoms with Gasteiger partial charge in [0.15, 0.2) is 0 Å². The molecule has 0 saturated carbocycles. The Morgan fingerprint density at radius 3 is 2.10 bits per heavy atom. The summed E-state index contributed by atoms with van der Waals surface area (Å²) >= 11 is 0. The summed E-state index contributed by atoms with van der Waals surface area (Å²) in [5.74, 6) is 7.23. The molecule has 16 heteroatoms. The maximum absolute atomic E-state index is 13.7. The molecule has 0 aliphatic carbocycles. The third kappa shape index (κ3) is 8.56. The number of carbonyl (C=O) groups is 4. The Kier molecular flexibility index (Phi) is 12.1. The minimum Gasteiger partial charge on any atom is -0.453 e. The monoisotopic (exact) mass is 803 g/mol. The number of aromatic nitrogens is 5. The number of alkyl carbamates (subject to hydrolysis) is 2. The summed E-state index contributed by atoms with van der Waals surface area (Å²) < 4.78 is 14.9. The van der Waals surface area contributed by atoms with Crippen molar-refractivity contribution in [3.8, 4) is 23.1 Å². The lowest BCUT2D eigenvalue weighted by Crippen LogP contribution is -2.54. The smallest absolute Gasteiger partial charge is 0.407 e. The first kappa shape index (κ1) is 40.7. The molecule has 0 spiro atoms. The molecular weight excluding hydrogens is 755 g/mol. The molecule has 0 bridgehead atoms. The van der Waals surface area contributed by atoms with E-state index in [4.69, 9.17) is 19.2 Å². The highest BCUT2D eigenvalue weighted by atomic mass is 16.5. The number of fused-ring (bicyclic) bond motifs is 3. The molecule has 2 aromatic carbocycles. The maximum atomic E-state index is 13.7. The maximum Gasteiger partial charge on any atom is 0.407 e. The number of nitrogens with one attached hydrogen (secondary N) is 4. The van der Waals surface area contributed by atoms with Crippen molar-refractivity contribution in [1.29, 1.82) is 0 Å². The van der Waals surface area contributed by atoms with Crippen molar-refractivity contribution in [1.82, 2.24) is 45.4 Å². The van der Waals surface area contributed by atoms with E-state index < -0.39 is 30.4 Å². The van der Waals surface area contributed by atoms with Crippen LogP contribution in [-0.2, 0) is 23.8 Å². The number of amides is 4. The van der Waals surface area contributed by atoms with Crippen LogP contribution in [-0.4, -0.2) is 111 Å². The van der Waals surface area contributed by atoms with Crippen molar-refractivity contribution in [2.24, 2.45) is 5.92 Å². The van der Waals surface area contributed by atoms with E-state index in [0.717, 1.165) is 64.3 Å². The Morgan fingerprint density at radius 2 is 1.46 bits per heavy atom. The molecule has 2 aliphatic rings. The fourth-order valence-electron chi connectivity index (χ4n) is 7.86. The van der Waals surface area contributed by atoms with Crippen molar-refractivity contribution >= 4 is 45.8 Å². The van der Waals surface area contributed by atoms with Gasteiger partial charge in [0.05, 0.1) is 55.3 Å². The zero-order valence-electron chi connectivity index (χ0n) is 34.0. The van der Waals surface area contributed by atoms with Crippen molar-refractivity contribution in [3.05, 3.63) is 77.8 Å². The summed E-state index contributed by atoms with van der Waals surface area (Å²) in [7, 11) is 4.03. The molecule has 16 nitrogen and oxygen atoms in total. The van der Waals surface area contributed by atoms with Gasteiger partial charge in [0, 0.05) is 42.9 Å². The molecule has 4 N–H and O–H groups in total. The van der Waals surface area contributed by atoms with Gasteiger partial charge in [0.2, 0.25) is 11.8 Å². The zero-order chi connectivity index (χ0) is 41.8. The first-order chi connectivity index (χ1) is 28.5. The van der Waals surface area contributed by atoms with Crippen LogP contribution in [0.4, 0.5) is 9.59 Å². The second-order valence-corrected chi connectivity index (χ2v) is 15.2. The van der Waals surface area contributed by atoms with Crippen molar-refractivity contribution in [2.75, 3.05) is 34.4 Å². The van der Waals surface area contributed by atoms with E-state index in [1.807, 2.05) is 56.3 Å². The minimum atomic E-state index is -0.910. The highest BCUT2D eigenvalue weighted by Crippen LogP contribution is 2.35. The van der Waals surface area contributed by atoms with Gasteiger partial charge in [-0.25, -0.2) is 24.5 Å². The largest absolute Gasteiger partial charge is 0.453 e. The number of benzene rings is 2. The van der Waals surface area contributed by atoms with Gasteiger partial charge in [-0.3, -0.25) is 9.59 Å². The Hall–Kier alpha value is -6.47. The predicted molar refractivity (Wildman–Crippen MR) is 219 cm³/mol. The molecule has 5 heterocycles. The van der Waals surface area contributed by atoms with Crippen LogP contribution >= 0.6 is 0 Å². The van der Waals surface area contributed by atoms with Gasteiger partial charge >= 0.3 is 12.2 Å². The first-order valence-electron chi connectivity index (χ1n) is 19.8. The summed E-state index contributed by atoms with van der Waals surface area (Å²) in [6.07, 6.45) is 4.69. The van der Waals surface area contributed by atoms with Crippen molar-refractivity contribution < 1.29 is 33.4 Å². The lowest BCUT2D eigenvalue weighted by atomic mass is 10.0. The molecular formula is C43H49N9O7. The van der Waals surface area contributed by atoms with Crippen LogP contribution < -0.4 is 10.6 Å². The molecule has 7 rings (SSSR count). The molecule has 308 valence electrons. The second-order valence-electron chi connectivity index (χ2n) is 15.2. The fourth-order valence-corrected chi connectivity index (χ4v) is 7.86. The first-order valence-corrected chi connectivity index (χ1v) is 19.8. The Morgan fingerprint density at radius 1 is 0.780 bits per heavy atom. The molecule has 2 aliphatic heterocycles. The van der Waals surface area contributed by atoms with E-state index in [-0.39, 0.29) is 29.8 Å². The van der Waals surface area contributed by atoms with Crippen LogP contribution in [0.25, 0.3) is 33.1 Å². The third-order valence-electron chi connectivity index (χ3n) is 11.2. The number of rotatable bonds is 10. The molecule has 2 fully saturated rings. The standard InChI is InChI=1S/C43H49N9O7/c1-24(2)35(49-42(55)58-5)40(53)51-19-7-9-33(51)38-45-23-32(47-38)28-13-16-29(44-22-28)15-11-26-12-17-30-27(21-26)14-18-31-37(30)48-39(46-31)34-10-8-20-52(34)41(54)36(25(3)57-4)50-43(56)59-6/h12-14,16-18,21-25,33-36H,7-10,19-20H2,1-6H3,(H,45,47)(H,46,48)(H,49,55)(H,50,56)/t25-,33?,34?,35+,36?/m1/s1. The van der Waals surface area contributed by atoms with Crippen LogP contribution in [0.15, 0.2) is 54.9 Å². The average molecular weight is 804 g/mol. The van der Waals surface area contributed by atoms with Gasteiger partial charge in [-0.15, -0.1) is 0 Å². The number of methoxy groups -OCH3 is 3. The Balaban J connectivity index is 1.04. The van der Waals surface area contributed by atoms with E-state index in [0.29, 0.717) is 30.4 Å². The predicted octanol–water partition coefficient (Wildman–Crippen LogP) is 5.37. The van der Waals surface area contributed by atoms with Crippen LogP contribution in [0.2, 0.25) is 0 Å². The molecule has 3 unspecified atom stereocenters. The summed E-state index contributed by atoms with van der Waals surface area (Å²) in [6, 6.07) is 11.6. The van der Waals surface area contributed by atoms with E-state index in [2.05, 4.69) is 42.4 Å². The number of aromatic amines is 2. The summed E-state index contributed by atoms with van der Waals surface area (Å²) in [5, 5.41) is 7.23. The van der Waals surface area contributed by atoms with Gasteiger partial charge in [0.25, 0.3) is 0 Å². The molecule has 2 saturated heterocycles. The minimum absolute atomic E-state index is 0.120. The highest BCUT2D eigenvalue weighted by molar-refractivity contribution is 6.04. The van der Waals surface area contributed by atoms with E-state index in [9.17, 15) is 19.2 Å². The average Bonchev–Trinajstić information content (AvgIpc) is 4.09. The summed E-state index contributed by atoms with van der Waals surface area (Å²) in [6.45, 7) is 6.61. The number of nitrogens with zero attached hydrogens (tertiary/aromatic N) is 5. The third-order valence-corrected chi connectivity index (χ3v) is 11.2. The number of imidazole rings is 2. The fraction of sp³-hybridized carbons (Fsp3) is 0.419. The summed E-state index contributed by atoms with van der Waals surface area (Å²) in [4.78, 5) is 75.8. The molecule has 0 radical (unpaired) electrons. The number of carbonyl (C=O) groups excluding carboxylic acids is 4. The zero-order valence-corrected chi connectivity index (χ0v) is 34.0. The van der Waals surface area contributed by atoms with E-state index >= 15 is 0 Å². The van der Waals surface area contributed by atoms with Crippen LogP contribution in [0.1, 0.15) is 81.4 Å². The van der Waals surface area contributed by atoms with E-state index in [1.54, 1.807) is 29.1 Å². The molecule has 59 heavy (non-hydrogen) atoms.